The van der Waals surface area contributed by atoms with Gasteiger partial charge in [0.2, 0.25) is 0 Å². The highest BCUT2D eigenvalue weighted by Gasteiger charge is 2.31. The maximum atomic E-state index is 11.6. The van der Waals surface area contributed by atoms with Crippen molar-refractivity contribution >= 4 is 5.78 Å². The van der Waals surface area contributed by atoms with E-state index in [4.69, 9.17) is 4.74 Å². The van der Waals surface area contributed by atoms with Crippen molar-refractivity contribution < 1.29 is 9.53 Å². The van der Waals surface area contributed by atoms with E-state index >= 15 is 0 Å². The monoisotopic (exact) mass is 182 g/mol. The minimum Gasteiger partial charge on any atom is -0.498 e. The van der Waals surface area contributed by atoms with Crippen molar-refractivity contribution in [3.8, 4) is 0 Å². The smallest absolute Gasteiger partial charge is 0.162 e. The van der Waals surface area contributed by atoms with Gasteiger partial charge < -0.3 is 4.74 Å². The van der Waals surface area contributed by atoms with Gasteiger partial charge in [-0.05, 0) is 19.3 Å². The number of hydrogen-bond acceptors (Lipinski definition) is 2. The minimum atomic E-state index is 0.0705. The van der Waals surface area contributed by atoms with Crippen LogP contribution in [0.25, 0.3) is 0 Å². The molecule has 0 heterocycles. The molecule has 2 nitrogen and oxygen atoms in total. The van der Waals surface area contributed by atoms with Crippen LogP contribution in [0.1, 0.15) is 40.5 Å². The van der Waals surface area contributed by atoms with Crippen molar-refractivity contribution in [3.05, 3.63) is 11.3 Å². The third-order valence-electron chi connectivity index (χ3n) is 2.43. The Balaban J connectivity index is 2.89. The van der Waals surface area contributed by atoms with E-state index in [1.807, 2.05) is 13.8 Å². The molecular formula is C11H18O2. The van der Waals surface area contributed by atoms with Gasteiger partial charge in [-0.3, -0.25) is 4.79 Å². The fraction of sp³-hybridized carbons (Fsp3) is 0.727. The molecule has 13 heavy (non-hydrogen) atoms. The Labute approximate surface area is 80.0 Å². The molecule has 0 aliphatic heterocycles. The van der Waals surface area contributed by atoms with E-state index in [2.05, 4.69) is 13.8 Å². The lowest BCUT2D eigenvalue weighted by molar-refractivity contribution is -0.118. The van der Waals surface area contributed by atoms with Crippen molar-refractivity contribution in [1.82, 2.24) is 0 Å². The molecule has 0 aromatic heterocycles. The molecule has 0 aromatic rings. The molecular weight excluding hydrogens is 164 g/mol. The Kier molecular flexibility index (Phi) is 2.79. The highest BCUT2D eigenvalue weighted by atomic mass is 16.5. The number of Topliss-reactive ketones (excluding diaryl/α,β-unsaturated/α-hetero) is 1. The fourth-order valence-electron chi connectivity index (χ4n) is 1.69. The van der Waals surface area contributed by atoms with E-state index < -0.39 is 0 Å². The molecule has 0 atom stereocenters. The van der Waals surface area contributed by atoms with Gasteiger partial charge in [0.25, 0.3) is 0 Å². The largest absolute Gasteiger partial charge is 0.498 e. The number of ketones is 1. The third-order valence-corrected chi connectivity index (χ3v) is 2.43. The summed E-state index contributed by atoms with van der Waals surface area (Å²) in [6, 6.07) is 0. The topological polar surface area (TPSA) is 26.3 Å². The average Bonchev–Trinajstić information content (AvgIpc) is 1.99. The number of carbonyl (C=O) groups is 1. The number of carbonyl (C=O) groups excluding carboxylic acids is 1. The lowest BCUT2D eigenvalue weighted by Crippen LogP contribution is -2.25. The minimum absolute atomic E-state index is 0.0705. The first kappa shape index (κ1) is 10.3. The van der Waals surface area contributed by atoms with Gasteiger partial charge in [0.15, 0.2) is 5.78 Å². The van der Waals surface area contributed by atoms with Crippen molar-refractivity contribution in [1.29, 1.82) is 0 Å². The maximum absolute atomic E-state index is 11.6. The highest BCUT2D eigenvalue weighted by Crippen LogP contribution is 2.36. The summed E-state index contributed by atoms with van der Waals surface area (Å²) >= 11 is 0. The SMILES string of the molecule is CCOC1=C(C)C(=O)CC(C)(C)C1. The van der Waals surface area contributed by atoms with Crippen LogP contribution in [0.5, 0.6) is 0 Å². The van der Waals surface area contributed by atoms with Crippen LogP contribution in [0, 0.1) is 5.41 Å². The normalized spacial score (nSPS) is 22.0. The predicted molar refractivity (Wildman–Crippen MR) is 52.3 cm³/mol. The fourth-order valence-corrected chi connectivity index (χ4v) is 1.69. The first-order chi connectivity index (χ1) is 5.96. The summed E-state index contributed by atoms with van der Waals surface area (Å²) in [7, 11) is 0. The second kappa shape index (κ2) is 3.52. The molecule has 0 radical (unpaired) electrons. The van der Waals surface area contributed by atoms with Crippen LogP contribution < -0.4 is 0 Å². The zero-order valence-corrected chi connectivity index (χ0v) is 8.94. The molecule has 0 unspecified atom stereocenters. The summed E-state index contributed by atoms with van der Waals surface area (Å²) in [5.41, 5.74) is 0.891. The van der Waals surface area contributed by atoms with Gasteiger partial charge in [-0.15, -0.1) is 0 Å². The maximum Gasteiger partial charge on any atom is 0.162 e. The summed E-state index contributed by atoms with van der Waals surface area (Å²) in [6.45, 7) is 8.68. The van der Waals surface area contributed by atoms with E-state index in [1.54, 1.807) is 0 Å². The first-order valence-corrected chi connectivity index (χ1v) is 4.82. The number of allylic oxidation sites excluding steroid dienone is 2. The zero-order chi connectivity index (χ0) is 10.1. The molecule has 2 heteroatoms. The summed E-state index contributed by atoms with van der Waals surface area (Å²) in [5.74, 6) is 1.13. The molecule has 0 aromatic carbocycles. The van der Waals surface area contributed by atoms with Gasteiger partial charge in [-0.1, -0.05) is 13.8 Å². The molecule has 0 bridgehead atoms. The molecule has 0 amide bonds. The number of rotatable bonds is 2. The van der Waals surface area contributed by atoms with Crippen molar-refractivity contribution in [2.24, 2.45) is 5.41 Å². The molecule has 0 N–H and O–H groups in total. The molecule has 0 spiro atoms. The molecule has 1 aliphatic carbocycles. The van der Waals surface area contributed by atoms with E-state index in [-0.39, 0.29) is 11.2 Å². The van der Waals surface area contributed by atoms with Gasteiger partial charge in [0.05, 0.1) is 6.61 Å². The zero-order valence-electron chi connectivity index (χ0n) is 8.94. The van der Waals surface area contributed by atoms with E-state index in [9.17, 15) is 4.79 Å². The molecule has 74 valence electrons. The third kappa shape index (κ3) is 2.33. The van der Waals surface area contributed by atoms with Crippen molar-refractivity contribution in [2.75, 3.05) is 6.61 Å². The van der Waals surface area contributed by atoms with Crippen LogP contribution in [0.3, 0.4) is 0 Å². The Bertz CT molecular complexity index is 249. The average molecular weight is 182 g/mol. The van der Waals surface area contributed by atoms with Gasteiger partial charge >= 0.3 is 0 Å². The summed E-state index contributed by atoms with van der Waals surface area (Å²) in [4.78, 5) is 11.6. The second-order valence-corrected chi connectivity index (χ2v) is 4.42. The van der Waals surface area contributed by atoms with Gasteiger partial charge in [0.1, 0.15) is 5.76 Å². The van der Waals surface area contributed by atoms with Crippen LogP contribution >= 0.6 is 0 Å². The van der Waals surface area contributed by atoms with Crippen LogP contribution in [0.15, 0.2) is 11.3 Å². The van der Waals surface area contributed by atoms with Gasteiger partial charge in [-0.2, -0.15) is 0 Å². The Morgan fingerprint density at radius 1 is 1.38 bits per heavy atom. The standard InChI is InChI=1S/C11H18O2/c1-5-13-10-7-11(3,4)6-9(12)8(10)2/h5-7H2,1-4H3. The molecule has 1 rings (SSSR count). The first-order valence-electron chi connectivity index (χ1n) is 4.82. The van der Waals surface area contributed by atoms with Crippen LogP contribution in [-0.2, 0) is 9.53 Å². The van der Waals surface area contributed by atoms with Crippen LogP contribution in [0.4, 0.5) is 0 Å². The van der Waals surface area contributed by atoms with Gasteiger partial charge in [-0.25, -0.2) is 0 Å². The van der Waals surface area contributed by atoms with E-state index in [0.29, 0.717) is 13.0 Å². The quantitative estimate of drug-likeness (QED) is 0.656. The Morgan fingerprint density at radius 3 is 2.54 bits per heavy atom. The summed E-state index contributed by atoms with van der Waals surface area (Å²) in [5, 5.41) is 0. The molecule has 0 saturated carbocycles. The lowest BCUT2D eigenvalue weighted by atomic mass is 9.77. The molecule has 0 fully saturated rings. The predicted octanol–water partition coefficient (Wildman–Crippen LogP) is 2.69. The number of ether oxygens (including phenoxy) is 1. The molecule has 1 aliphatic rings. The summed E-state index contributed by atoms with van der Waals surface area (Å²) in [6.07, 6.45) is 1.54. The van der Waals surface area contributed by atoms with Crippen molar-refractivity contribution in [2.45, 2.75) is 40.5 Å². The van der Waals surface area contributed by atoms with Crippen LogP contribution in [0.2, 0.25) is 0 Å². The molecule has 0 saturated heterocycles. The Morgan fingerprint density at radius 2 is 2.00 bits per heavy atom. The van der Waals surface area contributed by atoms with Crippen LogP contribution in [-0.4, -0.2) is 12.4 Å². The van der Waals surface area contributed by atoms with Gasteiger partial charge in [0, 0.05) is 18.4 Å². The van der Waals surface area contributed by atoms with E-state index in [0.717, 1.165) is 17.8 Å². The van der Waals surface area contributed by atoms with E-state index in [1.165, 1.54) is 0 Å². The Hall–Kier alpha value is -0.790. The highest BCUT2D eigenvalue weighted by molar-refractivity contribution is 5.96. The van der Waals surface area contributed by atoms with Crippen molar-refractivity contribution in [3.63, 3.8) is 0 Å². The summed E-state index contributed by atoms with van der Waals surface area (Å²) < 4.78 is 5.46. The second-order valence-electron chi connectivity index (χ2n) is 4.42. The lowest BCUT2D eigenvalue weighted by Gasteiger charge is -2.30. The number of hydrogen-bond donors (Lipinski definition) is 0.